The van der Waals surface area contributed by atoms with Gasteiger partial charge in [0, 0.05) is 50.4 Å². The molecule has 1 aliphatic heterocycles. The third-order valence-corrected chi connectivity index (χ3v) is 5.09. The molecule has 2 aromatic carbocycles. The topological polar surface area (TPSA) is 66.7 Å². The fourth-order valence-electron chi connectivity index (χ4n) is 2.94. The maximum Gasteiger partial charge on any atom is 0.270 e. The summed E-state index contributed by atoms with van der Waals surface area (Å²) in [6, 6.07) is 11.4. The van der Waals surface area contributed by atoms with Crippen molar-refractivity contribution in [1.29, 1.82) is 0 Å². The molecule has 0 bridgehead atoms. The van der Waals surface area contributed by atoms with Crippen molar-refractivity contribution in [1.82, 2.24) is 9.80 Å². The van der Waals surface area contributed by atoms with E-state index >= 15 is 0 Å². The first-order valence-electron chi connectivity index (χ1n) is 8.14. The lowest BCUT2D eigenvalue weighted by Crippen LogP contribution is -2.48. The Morgan fingerprint density at radius 3 is 2.42 bits per heavy atom. The van der Waals surface area contributed by atoms with Crippen molar-refractivity contribution in [3.8, 4) is 0 Å². The van der Waals surface area contributed by atoms with Gasteiger partial charge >= 0.3 is 0 Å². The standard InChI is InChI=1S/C18H17Cl2N3O3/c19-16-5-4-13(10-17(16)20)12-21-6-8-22(9-7-21)18(24)14-2-1-3-15(11-14)23(25)26/h1-5,10-11H,6-9,12H2. The average molecular weight is 394 g/mol. The Bertz CT molecular complexity index is 836. The summed E-state index contributed by atoms with van der Waals surface area (Å²) in [6.45, 7) is 3.32. The van der Waals surface area contributed by atoms with Crippen LogP contribution in [0.2, 0.25) is 10.0 Å². The summed E-state index contributed by atoms with van der Waals surface area (Å²) in [6.07, 6.45) is 0. The number of nitro benzene ring substituents is 1. The van der Waals surface area contributed by atoms with Gasteiger partial charge in [0.15, 0.2) is 0 Å². The summed E-state index contributed by atoms with van der Waals surface area (Å²) in [5, 5.41) is 11.9. The Balaban J connectivity index is 1.59. The molecule has 0 radical (unpaired) electrons. The van der Waals surface area contributed by atoms with Gasteiger partial charge in [0.05, 0.1) is 15.0 Å². The van der Waals surface area contributed by atoms with E-state index in [0.29, 0.717) is 28.7 Å². The number of non-ortho nitro benzene ring substituents is 1. The molecule has 1 saturated heterocycles. The third kappa shape index (κ3) is 4.33. The Hall–Kier alpha value is -2.15. The highest BCUT2D eigenvalue weighted by Crippen LogP contribution is 2.23. The highest BCUT2D eigenvalue weighted by atomic mass is 35.5. The van der Waals surface area contributed by atoms with Crippen molar-refractivity contribution >= 4 is 34.8 Å². The molecular formula is C18H17Cl2N3O3. The summed E-state index contributed by atoms with van der Waals surface area (Å²) in [7, 11) is 0. The minimum atomic E-state index is -0.494. The van der Waals surface area contributed by atoms with Crippen LogP contribution in [-0.4, -0.2) is 46.8 Å². The summed E-state index contributed by atoms with van der Waals surface area (Å²) >= 11 is 12.0. The molecule has 0 N–H and O–H groups in total. The fraction of sp³-hybridized carbons (Fsp3) is 0.278. The van der Waals surface area contributed by atoms with Crippen LogP contribution < -0.4 is 0 Å². The average Bonchev–Trinajstić information content (AvgIpc) is 2.65. The molecule has 0 atom stereocenters. The number of amides is 1. The van der Waals surface area contributed by atoms with Crippen LogP contribution in [0.5, 0.6) is 0 Å². The van der Waals surface area contributed by atoms with Gasteiger partial charge < -0.3 is 4.90 Å². The summed E-state index contributed by atoms with van der Waals surface area (Å²) in [4.78, 5) is 26.9. The van der Waals surface area contributed by atoms with Crippen molar-refractivity contribution in [3.05, 3.63) is 73.8 Å². The van der Waals surface area contributed by atoms with E-state index in [9.17, 15) is 14.9 Å². The molecule has 0 aromatic heterocycles. The van der Waals surface area contributed by atoms with E-state index in [1.165, 1.54) is 18.2 Å². The zero-order valence-corrected chi connectivity index (χ0v) is 15.4. The van der Waals surface area contributed by atoms with E-state index in [1.807, 2.05) is 12.1 Å². The number of nitro groups is 1. The molecule has 1 heterocycles. The van der Waals surface area contributed by atoms with Gasteiger partial charge in [-0.1, -0.05) is 35.3 Å². The third-order valence-electron chi connectivity index (χ3n) is 4.35. The van der Waals surface area contributed by atoms with E-state index in [-0.39, 0.29) is 11.6 Å². The normalized spacial score (nSPS) is 15.1. The van der Waals surface area contributed by atoms with Gasteiger partial charge in [0.2, 0.25) is 0 Å². The lowest BCUT2D eigenvalue weighted by molar-refractivity contribution is -0.384. The molecule has 0 unspecified atom stereocenters. The van der Waals surface area contributed by atoms with Gasteiger partial charge in [0.1, 0.15) is 0 Å². The van der Waals surface area contributed by atoms with E-state index in [1.54, 1.807) is 17.0 Å². The van der Waals surface area contributed by atoms with E-state index in [2.05, 4.69) is 4.90 Å². The van der Waals surface area contributed by atoms with Crippen LogP contribution in [0.1, 0.15) is 15.9 Å². The Kier molecular flexibility index (Phi) is 5.76. The smallest absolute Gasteiger partial charge is 0.270 e. The van der Waals surface area contributed by atoms with Crippen LogP contribution >= 0.6 is 23.2 Å². The number of piperazine rings is 1. The fourth-order valence-corrected chi connectivity index (χ4v) is 3.26. The molecule has 0 aliphatic carbocycles. The molecule has 0 spiro atoms. The molecule has 26 heavy (non-hydrogen) atoms. The van der Waals surface area contributed by atoms with Gasteiger partial charge in [-0.15, -0.1) is 0 Å². The molecule has 1 aliphatic rings. The SMILES string of the molecule is O=C(c1cccc([N+](=O)[O-])c1)N1CCN(Cc2ccc(Cl)c(Cl)c2)CC1. The quantitative estimate of drug-likeness (QED) is 0.584. The molecule has 3 rings (SSSR count). The van der Waals surface area contributed by atoms with Crippen molar-refractivity contribution in [2.45, 2.75) is 6.54 Å². The molecule has 1 amide bonds. The van der Waals surface area contributed by atoms with Gasteiger partial charge in [-0.05, 0) is 23.8 Å². The number of hydrogen-bond acceptors (Lipinski definition) is 4. The molecule has 2 aromatic rings. The second-order valence-corrected chi connectivity index (χ2v) is 6.94. The number of carbonyl (C=O) groups is 1. The monoisotopic (exact) mass is 393 g/mol. The largest absolute Gasteiger partial charge is 0.336 e. The minimum Gasteiger partial charge on any atom is -0.336 e. The van der Waals surface area contributed by atoms with Crippen LogP contribution in [0.25, 0.3) is 0 Å². The summed E-state index contributed by atoms with van der Waals surface area (Å²) < 4.78 is 0. The van der Waals surface area contributed by atoms with E-state index in [4.69, 9.17) is 23.2 Å². The molecule has 8 heteroatoms. The number of nitrogens with zero attached hydrogens (tertiary/aromatic N) is 3. The van der Waals surface area contributed by atoms with Gasteiger partial charge in [-0.2, -0.15) is 0 Å². The first-order chi connectivity index (χ1) is 12.4. The van der Waals surface area contributed by atoms with Crippen molar-refractivity contribution in [3.63, 3.8) is 0 Å². The predicted molar refractivity (Wildman–Crippen MR) is 101 cm³/mol. The van der Waals surface area contributed by atoms with Crippen LogP contribution in [-0.2, 0) is 6.54 Å². The number of benzene rings is 2. The van der Waals surface area contributed by atoms with Crippen LogP contribution in [0, 0.1) is 10.1 Å². The highest BCUT2D eigenvalue weighted by Gasteiger charge is 2.23. The van der Waals surface area contributed by atoms with Gasteiger partial charge in [-0.25, -0.2) is 0 Å². The second kappa shape index (κ2) is 8.03. The highest BCUT2D eigenvalue weighted by molar-refractivity contribution is 6.42. The zero-order valence-electron chi connectivity index (χ0n) is 13.9. The maximum atomic E-state index is 12.6. The van der Waals surface area contributed by atoms with Crippen molar-refractivity contribution < 1.29 is 9.72 Å². The number of halogens is 2. The Morgan fingerprint density at radius 1 is 1.04 bits per heavy atom. The lowest BCUT2D eigenvalue weighted by atomic mass is 10.1. The zero-order chi connectivity index (χ0) is 18.7. The minimum absolute atomic E-state index is 0.0749. The lowest BCUT2D eigenvalue weighted by Gasteiger charge is -2.34. The van der Waals surface area contributed by atoms with Gasteiger partial charge in [-0.3, -0.25) is 19.8 Å². The number of rotatable bonds is 4. The van der Waals surface area contributed by atoms with Crippen LogP contribution in [0.15, 0.2) is 42.5 Å². The molecule has 6 nitrogen and oxygen atoms in total. The first kappa shape index (κ1) is 18.6. The summed E-state index contributed by atoms with van der Waals surface area (Å²) in [5.74, 6) is -0.178. The van der Waals surface area contributed by atoms with E-state index in [0.717, 1.165) is 25.2 Å². The Morgan fingerprint density at radius 2 is 1.77 bits per heavy atom. The molecular weight excluding hydrogens is 377 g/mol. The van der Waals surface area contributed by atoms with Crippen LogP contribution in [0.4, 0.5) is 5.69 Å². The molecule has 1 fully saturated rings. The number of carbonyl (C=O) groups excluding carboxylic acids is 1. The second-order valence-electron chi connectivity index (χ2n) is 6.12. The van der Waals surface area contributed by atoms with Crippen LogP contribution in [0.3, 0.4) is 0 Å². The van der Waals surface area contributed by atoms with Crippen molar-refractivity contribution in [2.24, 2.45) is 0 Å². The van der Waals surface area contributed by atoms with E-state index < -0.39 is 4.92 Å². The first-order valence-corrected chi connectivity index (χ1v) is 8.89. The Labute approximate surface area is 161 Å². The molecule has 0 saturated carbocycles. The van der Waals surface area contributed by atoms with Gasteiger partial charge in [0.25, 0.3) is 11.6 Å². The van der Waals surface area contributed by atoms with Crippen molar-refractivity contribution in [2.75, 3.05) is 26.2 Å². The predicted octanol–water partition coefficient (Wildman–Crippen LogP) is 3.86. The molecule has 136 valence electrons. The maximum absolute atomic E-state index is 12.6. The number of hydrogen-bond donors (Lipinski definition) is 0. The summed E-state index contributed by atoms with van der Waals surface area (Å²) in [5.41, 5.74) is 1.34.